The molecule has 0 amide bonds. The molecule has 0 bridgehead atoms. The van der Waals surface area contributed by atoms with Crippen molar-refractivity contribution in [3.63, 3.8) is 0 Å². The number of nitrogens with one attached hydrogen (secondary N) is 2. The number of methoxy groups -OCH3 is 1. The van der Waals surface area contributed by atoms with Gasteiger partial charge in [-0.25, -0.2) is 4.79 Å². The van der Waals surface area contributed by atoms with E-state index < -0.39 is 5.97 Å². The van der Waals surface area contributed by atoms with E-state index in [1.807, 2.05) is 31.3 Å². The molecule has 0 saturated carbocycles. The standard InChI is InChI=1S/C18H21ClN2O3/c1-11-16(18(23)24-4)12(2)20-17(11)15(22)10-21(3)9-13-5-7-14(19)8-6-13/h5-8,20H,9-10H2,1-4H3/p+1. The van der Waals surface area contributed by atoms with Crippen LogP contribution in [0.2, 0.25) is 5.02 Å². The highest BCUT2D eigenvalue weighted by Crippen LogP contribution is 2.19. The number of hydrogen-bond acceptors (Lipinski definition) is 3. The zero-order chi connectivity index (χ0) is 17.9. The Labute approximate surface area is 146 Å². The summed E-state index contributed by atoms with van der Waals surface area (Å²) >= 11 is 5.88. The number of quaternary nitrogens is 1. The van der Waals surface area contributed by atoms with Crippen LogP contribution in [0.25, 0.3) is 0 Å². The molecule has 1 aromatic carbocycles. The van der Waals surface area contributed by atoms with Crippen molar-refractivity contribution in [1.29, 1.82) is 0 Å². The van der Waals surface area contributed by atoms with Gasteiger partial charge in [-0.05, 0) is 31.5 Å². The van der Waals surface area contributed by atoms with Gasteiger partial charge in [0, 0.05) is 16.3 Å². The number of ether oxygens (including phenoxy) is 1. The maximum Gasteiger partial charge on any atom is 0.339 e. The van der Waals surface area contributed by atoms with Crippen LogP contribution >= 0.6 is 11.6 Å². The highest BCUT2D eigenvalue weighted by atomic mass is 35.5. The minimum absolute atomic E-state index is 0.0304. The quantitative estimate of drug-likeness (QED) is 0.619. The third kappa shape index (κ3) is 4.04. The molecule has 0 aliphatic heterocycles. The normalized spacial score (nSPS) is 12.0. The first-order valence-corrected chi connectivity index (χ1v) is 8.07. The van der Waals surface area contributed by atoms with Crippen LogP contribution in [0.5, 0.6) is 0 Å². The maximum atomic E-state index is 12.6. The first-order valence-electron chi connectivity index (χ1n) is 7.70. The minimum Gasteiger partial charge on any atom is -0.465 e. The van der Waals surface area contributed by atoms with Crippen molar-refractivity contribution in [2.75, 3.05) is 20.7 Å². The van der Waals surface area contributed by atoms with Crippen molar-refractivity contribution in [2.24, 2.45) is 0 Å². The van der Waals surface area contributed by atoms with E-state index in [9.17, 15) is 9.59 Å². The summed E-state index contributed by atoms with van der Waals surface area (Å²) < 4.78 is 4.77. The Hall–Kier alpha value is -2.11. The Bertz CT molecular complexity index is 750. The molecule has 0 aliphatic rings. The van der Waals surface area contributed by atoms with E-state index in [4.69, 9.17) is 16.3 Å². The summed E-state index contributed by atoms with van der Waals surface area (Å²) in [6.45, 7) is 4.56. The zero-order valence-corrected chi connectivity index (χ0v) is 15.1. The summed E-state index contributed by atoms with van der Waals surface area (Å²) in [5.41, 5.74) is 3.32. The number of halogens is 1. The van der Waals surface area contributed by atoms with Crippen molar-refractivity contribution >= 4 is 23.4 Å². The molecule has 128 valence electrons. The van der Waals surface area contributed by atoms with Crippen molar-refractivity contribution in [1.82, 2.24) is 4.98 Å². The smallest absolute Gasteiger partial charge is 0.339 e. The molecule has 6 heteroatoms. The molecule has 1 atom stereocenters. The monoisotopic (exact) mass is 349 g/mol. The number of aryl methyl sites for hydroxylation is 1. The summed E-state index contributed by atoms with van der Waals surface area (Å²) in [4.78, 5) is 28.5. The molecule has 0 saturated heterocycles. The molecular weight excluding hydrogens is 328 g/mol. The lowest BCUT2D eigenvalue weighted by Gasteiger charge is -2.13. The molecule has 0 spiro atoms. The number of esters is 1. The molecule has 2 rings (SSSR count). The largest absolute Gasteiger partial charge is 0.465 e. The van der Waals surface area contributed by atoms with E-state index in [1.165, 1.54) is 7.11 Å². The SMILES string of the molecule is COC(=O)c1c(C)[nH]c(C(=O)C[NH+](C)Cc2ccc(Cl)cc2)c1C. The fourth-order valence-electron chi connectivity index (χ4n) is 2.81. The lowest BCUT2D eigenvalue weighted by atomic mass is 10.1. The fourth-order valence-corrected chi connectivity index (χ4v) is 2.94. The number of H-pyrrole nitrogens is 1. The minimum atomic E-state index is -0.429. The number of hydrogen-bond donors (Lipinski definition) is 2. The summed E-state index contributed by atoms with van der Waals surface area (Å²) in [7, 11) is 3.29. The predicted molar refractivity (Wildman–Crippen MR) is 92.8 cm³/mol. The first kappa shape index (κ1) is 18.2. The van der Waals surface area contributed by atoms with Gasteiger partial charge in [0.1, 0.15) is 13.1 Å². The predicted octanol–water partition coefficient (Wildman–Crippen LogP) is 1.97. The van der Waals surface area contributed by atoms with Gasteiger partial charge in [-0.15, -0.1) is 0 Å². The van der Waals surface area contributed by atoms with Gasteiger partial charge in [0.15, 0.2) is 0 Å². The van der Waals surface area contributed by atoms with Crippen LogP contribution in [0.15, 0.2) is 24.3 Å². The molecule has 0 aliphatic carbocycles. The highest BCUT2D eigenvalue weighted by molar-refractivity contribution is 6.30. The van der Waals surface area contributed by atoms with Gasteiger partial charge in [0.05, 0.1) is 25.4 Å². The van der Waals surface area contributed by atoms with Crippen LogP contribution in [0.1, 0.15) is 37.7 Å². The van der Waals surface area contributed by atoms with E-state index in [0.29, 0.717) is 40.6 Å². The summed E-state index contributed by atoms with van der Waals surface area (Å²) in [5.74, 6) is -0.459. The Balaban J connectivity index is 2.09. The van der Waals surface area contributed by atoms with Crippen molar-refractivity contribution in [3.05, 3.63) is 57.4 Å². The van der Waals surface area contributed by atoms with Gasteiger partial charge in [0.25, 0.3) is 0 Å². The van der Waals surface area contributed by atoms with E-state index in [1.54, 1.807) is 13.8 Å². The second kappa shape index (κ2) is 7.64. The summed E-state index contributed by atoms with van der Waals surface area (Å²) in [6.07, 6.45) is 0. The first-order chi connectivity index (χ1) is 11.3. The van der Waals surface area contributed by atoms with Gasteiger partial charge in [-0.3, -0.25) is 4.79 Å². The number of ketones is 1. The average molecular weight is 350 g/mol. The third-order valence-corrected chi connectivity index (χ3v) is 4.24. The zero-order valence-electron chi connectivity index (χ0n) is 14.3. The Morgan fingerprint density at radius 1 is 1.21 bits per heavy atom. The molecule has 5 nitrogen and oxygen atoms in total. The molecule has 24 heavy (non-hydrogen) atoms. The van der Waals surface area contributed by atoms with Gasteiger partial charge in [0.2, 0.25) is 5.78 Å². The number of aromatic nitrogens is 1. The van der Waals surface area contributed by atoms with E-state index >= 15 is 0 Å². The Morgan fingerprint density at radius 3 is 2.42 bits per heavy atom. The van der Waals surface area contributed by atoms with Gasteiger partial charge in [-0.1, -0.05) is 23.7 Å². The fraction of sp³-hybridized carbons (Fsp3) is 0.333. The number of rotatable bonds is 6. The molecule has 2 N–H and O–H groups in total. The van der Waals surface area contributed by atoms with Crippen LogP contribution in [-0.2, 0) is 11.3 Å². The van der Waals surface area contributed by atoms with Crippen molar-refractivity contribution in [3.8, 4) is 0 Å². The lowest BCUT2D eigenvalue weighted by molar-refractivity contribution is -0.884. The van der Waals surface area contributed by atoms with Crippen LogP contribution < -0.4 is 4.90 Å². The number of Topliss-reactive ketones (excluding diaryl/α,β-unsaturated/α-hetero) is 1. The lowest BCUT2D eigenvalue weighted by Crippen LogP contribution is -3.08. The molecule has 1 aromatic heterocycles. The van der Waals surface area contributed by atoms with Gasteiger partial charge < -0.3 is 14.6 Å². The number of carbonyl (C=O) groups is 2. The molecular formula is C18H22ClN2O3+. The maximum absolute atomic E-state index is 12.6. The summed E-state index contributed by atoms with van der Waals surface area (Å²) in [5, 5.41) is 0.695. The van der Waals surface area contributed by atoms with E-state index in [-0.39, 0.29) is 5.78 Å². The summed E-state index contributed by atoms with van der Waals surface area (Å²) in [6, 6.07) is 7.59. The number of carbonyl (C=O) groups excluding carboxylic acids is 2. The average Bonchev–Trinajstić information content (AvgIpc) is 2.83. The second-order valence-corrected chi connectivity index (χ2v) is 6.41. The van der Waals surface area contributed by atoms with Crippen LogP contribution in [0.3, 0.4) is 0 Å². The molecule has 0 radical (unpaired) electrons. The topological polar surface area (TPSA) is 63.6 Å². The van der Waals surface area contributed by atoms with Crippen LogP contribution in [0, 0.1) is 13.8 Å². The number of aromatic amines is 1. The molecule has 1 unspecified atom stereocenters. The third-order valence-electron chi connectivity index (χ3n) is 3.99. The van der Waals surface area contributed by atoms with E-state index in [0.717, 1.165) is 10.5 Å². The highest BCUT2D eigenvalue weighted by Gasteiger charge is 2.24. The molecule has 1 heterocycles. The van der Waals surface area contributed by atoms with E-state index in [2.05, 4.69) is 4.98 Å². The number of likely N-dealkylation sites (N-methyl/N-ethyl adjacent to an activating group) is 1. The Kier molecular flexibility index (Phi) is 5.80. The van der Waals surface area contributed by atoms with Crippen molar-refractivity contribution < 1.29 is 19.2 Å². The molecule has 2 aromatic rings. The Morgan fingerprint density at radius 2 is 1.83 bits per heavy atom. The van der Waals surface area contributed by atoms with Crippen LogP contribution in [-0.4, -0.2) is 37.4 Å². The van der Waals surface area contributed by atoms with Gasteiger partial charge >= 0.3 is 5.97 Å². The molecule has 0 fully saturated rings. The van der Waals surface area contributed by atoms with Gasteiger partial charge in [-0.2, -0.15) is 0 Å². The second-order valence-electron chi connectivity index (χ2n) is 5.98. The van der Waals surface area contributed by atoms with Crippen molar-refractivity contribution in [2.45, 2.75) is 20.4 Å². The van der Waals surface area contributed by atoms with Crippen LogP contribution in [0.4, 0.5) is 0 Å². The number of benzene rings is 1.